The second-order valence-corrected chi connectivity index (χ2v) is 7.42. The van der Waals surface area contributed by atoms with E-state index in [0.29, 0.717) is 6.61 Å². The van der Waals surface area contributed by atoms with Gasteiger partial charge in [-0.1, -0.05) is 66.7 Å². The van der Waals surface area contributed by atoms with E-state index in [4.69, 9.17) is 4.74 Å². The molecule has 0 bridgehead atoms. The smallest absolute Gasteiger partial charge is 0.224 e. The van der Waals surface area contributed by atoms with Crippen molar-refractivity contribution in [3.8, 4) is 0 Å². The van der Waals surface area contributed by atoms with Gasteiger partial charge in [0, 0.05) is 0 Å². The van der Waals surface area contributed by atoms with Crippen LogP contribution < -0.4 is 5.32 Å². The van der Waals surface area contributed by atoms with Crippen LogP contribution in [0.25, 0.3) is 0 Å². The van der Waals surface area contributed by atoms with Crippen LogP contribution >= 0.6 is 0 Å². The van der Waals surface area contributed by atoms with Gasteiger partial charge in [-0.05, 0) is 47.2 Å². The van der Waals surface area contributed by atoms with E-state index in [1.54, 1.807) is 12.1 Å². The number of fused-ring (bicyclic) bond motifs is 1. The molecule has 3 aromatic rings. The Kier molecular flexibility index (Phi) is 6.01. The van der Waals surface area contributed by atoms with Gasteiger partial charge < -0.3 is 10.1 Å². The second kappa shape index (κ2) is 9.01. The van der Waals surface area contributed by atoms with Crippen molar-refractivity contribution >= 4 is 5.91 Å². The lowest BCUT2D eigenvalue weighted by molar-refractivity contribution is -0.122. The zero-order valence-corrected chi connectivity index (χ0v) is 16.2. The monoisotopic (exact) mass is 389 g/mol. The summed E-state index contributed by atoms with van der Waals surface area (Å²) in [6, 6.07) is 24.1. The second-order valence-electron chi connectivity index (χ2n) is 7.42. The fourth-order valence-corrected chi connectivity index (χ4v) is 3.87. The fourth-order valence-electron chi connectivity index (χ4n) is 3.87. The van der Waals surface area contributed by atoms with E-state index in [9.17, 15) is 9.18 Å². The van der Waals surface area contributed by atoms with Gasteiger partial charge in [0.25, 0.3) is 0 Å². The maximum absolute atomic E-state index is 13.1. The van der Waals surface area contributed by atoms with Crippen molar-refractivity contribution in [2.45, 2.75) is 38.0 Å². The van der Waals surface area contributed by atoms with Crippen molar-refractivity contribution in [1.82, 2.24) is 5.32 Å². The summed E-state index contributed by atoms with van der Waals surface area (Å²) in [5.41, 5.74) is 4.26. The third-order valence-electron chi connectivity index (χ3n) is 5.36. The number of carbonyl (C=O) groups excluding carboxylic acids is 1. The van der Waals surface area contributed by atoms with Crippen molar-refractivity contribution in [3.63, 3.8) is 0 Å². The van der Waals surface area contributed by atoms with Crippen LogP contribution in [0.4, 0.5) is 4.39 Å². The van der Waals surface area contributed by atoms with Crippen molar-refractivity contribution in [2.24, 2.45) is 0 Å². The number of amides is 1. The average molecular weight is 389 g/mol. The molecule has 0 aliphatic heterocycles. The van der Waals surface area contributed by atoms with Crippen LogP contribution in [0.2, 0.25) is 0 Å². The number of benzene rings is 3. The summed E-state index contributed by atoms with van der Waals surface area (Å²) in [6.07, 6.45) is 1.90. The zero-order valence-electron chi connectivity index (χ0n) is 16.2. The number of nitrogens with one attached hydrogen (secondary N) is 1. The molecule has 3 aromatic carbocycles. The molecule has 0 heterocycles. The topological polar surface area (TPSA) is 38.3 Å². The van der Waals surface area contributed by atoms with Gasteiger partial charge in [-0.25, -0.2) is 4.39 Å². The van der Waals surface area contributed by atoms with Crippen LogP contribution in [0.1, 0.15) is 34.7 Å². The van der Waals surface area contributed by atoms with E-state index in [-0.39, 0.29) is 30.3 Å². The number of rotatable bonds is 6. The first-order valence-corrected chi connectivity index (χ1v) is 9.96. The minimum Gasteiger partial charge on any atom is -0.371 e. The molecule has 0 aromatic heterocycles. The van der Waals surface area contributed by atoms with Gasteiger partial charge in [0.1, 0.15) is 5.82 Å². The molecule has 1 aliphatic rings. The van der Waals surface area contributed by atoms with Crippen LogP contribution in [-0.4, -0.2) is 12.0 Å². The van der Waals surface area contributed by atoms with Gasteiger partial charge in [-0.2, -0.15) is 0 Å². The van der Waals surface area contributed by atoms with Gasteiger partial charge in [-0.3, -0.25) is 4.79 Å². The molecule has 0 fully saturated rings. The Morgan fingerprint density at radius 1 is 0.931 bits per heavy atom. The first-order valence-electron chi connectivity index (χ1n) is 9.96. The molecular formula is C25H24FNO2. The molecule has 1 N–H and O–H groups in total. The highest BCUT2D eigenvalue weighted by molar-refractivity contribution is 5.79. The largest absolute Gasteiger partial charge is 0.371 e. The summed E-state index contributed by atoms with van der Waals surface area (Å²) in [5.74, 6) is -0.392. The molecule has 2 atom stereocenters. The van der Waals surface area contributed by atoms with Crippen molar-refractivity contribution < 1.29 is 13.9 Å². The van der Waals surface area contributed by atoms with Crippen LogP contribution in [0, 0.1) is 5.82 Å². The lowest BCUT2D eigenvalue weighted by atomic mass is 9.85. The predicted molar refractivity (Wildman–Crippen MR) is 111 cm³/mol. The first kappa shape index (κ1) is 19.3. The number of carbonyl (C=O) groups is 1. The first-order chi connectivity index (χ1) is 14.2. The van der Waals surface area contributed by atoms with Gasteiger partial charge in [0.05, 0.1) is 25.2 Å². The van der Waals surface area contributed by atoms with E-state index in [2.05, 4.69) is 17.4 Å². The highest BCUT2D eigenvalue weighted by Crippen LogP contribution is 2.32. The molecule has 3 nitrogen and oxygen atoms in total. The number of aryl methyl sites for hydroxylation is 1. The average Bonchev–Trinajstić information content (AvgIpc) is 2.75. The molecule has 148 valence electrons. The summed E-state index contributed by atoms with van der Waals surface area (Å²) in [4.78, 5) is 12.7. The third kappa shape index (κ3) is 4.90. The van der Waals surface area contributed by atoms with Crippen LogP contribution in [0.15, 0.2) is 78.9 Å². The van der Waals surface area contributed by atoms with E-state index < -0.39 is 0 Å². The summed E-state index contributed by atoms with van der Waals surface area (Å²) in [5, 5.41) is 3.17. The minimum absolute atomic E-state index is 0.0911. The normalized spacial score (nSPS) is 18.1. The molecule has 4 rings (SSSR count). The fraction of sp³-hybridized carbons (Fsp3) is 0.240. The molecule has 4 heteroatoms. The van der Waals surface area contributed by atoms with Crippen molar-refractivity contribution in [3.05, 3.63) is 107 Å². The van der Waals surface area contributed by atoms with Gasteiger partial charge in [0.15, 0.2) is 0 Å². The maximum atomic E-state index is 13.1. The number of ether oxygens (including phenoxy) is 1. The number of hydrogen-bond acceptors (Lipinski definition) is 2. The SMILES string of the molecule is O=C(Cc1ccc(F)cc1)N[C@@H]1c2ccccc2CC[C@H]1OCc1ccccc1. The molecule has 0 saturated carbocycles. The Bertz CT molecular complexity index is 956. The minimum atomic E-state index is -0.301. The van der Waals surface area contributed by atoms with Gasteiger partial charge >= 0.3 is 0 Å². The molecule has 0 unspecified atom stereocenters. The van der Waals surface area contributed by atoms with Crippen LogP contribution in [0.5, 0.6) is 0 Å². The Morgan fingerprint density at radius 2 is 1.66 bits per heavy atom. The molecule has 0 spiro atoms. The van der Waals surface area contributed by atoms with E-state index in [1.807, 2.05) is 42.5 Å². The molecule has 0 saturated heterocycles. The Hall–Kier alpha value is -2.98. The van der Waals surface area contributed by atoms with Crippen LogP contribution in [0.3, 0.4) is 0 Å². The lowest BCUT2D eigenvalue weighted by Gasteiger charge is -2.34. The molecule has 1 amide bonds. The standard InChI is InChI=1S/C25H24FNO2/c26-21-13-10-18(11-14-21)16-24(28)27-25-22-9-5-4-8-20(22)12-15-23(25)29-17-19-6-2-1-3-7-19/h1-11,13-14,23,25H,12,15-17H2,(H,27,28)/t23-,25-/m1/s1. The van der Waals surface area contributed by atoms with Gasteiger partial charge in [-0.15, -0.1) is 0 Å². The summed E-state index contributed by atoms with van der Waals surface area (Å²) in [7, 11) is 0. The number of hydrogen-bond donors (Lipinski definition) is 1. The predicted octanol–water partition coefficient (Wildman–Crippen LogP) is 4.76. The van der Waals surface area contributed by atoms with E-state index in [1.165, 1.54) is 17.7 Å². The summed E-state index contributed by atoms with van der Waals surface area (Å²) in [6.45, 7) is 0.512. The Balaban J connectivity index is 1.49. The third-order valence-corrected chi connectivity index (χ3v) is 5.36. The lowest BCUT2D eigenvalue weighted by Crippen LogP contribution is -2.41. The summed E-state index contributed by atoms with van der Waals surface area (Å²) >= 11 is 0. The highest BCUT2D eigenvalue weighted by atomic mass is 19.1. The highest BCUT2D eigenvalue weighted by Gasteiger charge is 2.31. The summed E-state index contributed by atoms with van der Waals surface area (Å²) < 4.78 is 19.4. The van der Waals surface area contributed by atoms with Crippen molar-refractivity contribution in [2.75, 3.05) is 0 Å². The molecule has 29 heavy (non-hydrogen) atoms. The maximum Gasteiger partial charge on any atom is 0.224 e. The Labute approximate surface area is 170 Å². The number of halogens is 1. The quantitative estimate of drug-likeness (QED) is 0.660. The van der Waals surface area contributed by atoms with Gasteiger partial charge in [0.2, 0.25) is 5.91 Å². The Morgan fingerprint density at radius 3 is 2.45 bits per heavy atom. The van der Waals surface area contributed by atoms with E-state index >= 15 is 0 Å². The molecule has 0 radical (unpaired) electrons. The molecular weight excluding hydrogens is 365 g/mol. The van der Waals surface area contributed by atoms with Crippen molar-refractivity contribution in [1.29, 1.82) is 0 Å². The molecule has 1 aliphatic carbocycles. The zero-order chi connectivity index (χ0) is 20.1. The van der Waals surface area contributed by atoms with Crippen LogP contribution in [-0.2, 0) is 29.0 Å². The van der Waals surface area contributed by atoms with E-state index in [0.717, 1.165) is 29.5 Å².